The fourth-order valence-electron chi connectivity index (χ4n) is 3.82. The van der Waals surface area contributed by atoms with Gasteiger partial charge < -0.3 is 10.2 Å². The van der Waals surface area contributed by atoms with Crippen molar-refractivity contribution in [3.8, 4) is 0 Å². The summed E-state index contributed by atoms with van der Waals surface area (Å²) in [6, 6.07) is 8.77. The molecule has 1 aromatic rings. The Morgan fingerprint density at radius 3 is 2.95 bits per heavy atom. The number of benzene rings is 1. The number of nitrogens with one attached hydrogen (secondary N) is 1. The third-order valence-electron chi connectivity index (χ3n) is 4.97. The lowest BCUT2D eigenvalue weighted by Crippen LogP contribution is -2.43. The maximum atomic E-state index is 12.0. The van der Waals surface area contributed by atoms with E-state index in [1.807, 2.05) is 17.0 Å². The van der Waals surface area contributed by atoms with E-state index in [0.717, 1.165) is 30.3 Å². The molecule has 1 saturated heterocycles. The molecule has 3 unspecified atom stereocenters. The van der Waals surface area contributed by atoms with Crippen molar-refractivity contribution in [2.75, 3.05) is 16.8 Å². The van der Waals surface area contributed by atoms with Crippen molar-refractivity contribution in [1.82, 2.24) is 0 Å². The lowest BCUT2D eigenvalue weighted by atomic mass is 9.71. The van der Waals surface area contributed by atoms with Gasteiger partial charge in [-0.3, -0.25) is 4.79 Å². The molecule has 3 nitrogen and oxygen atoms in total. The van der Waals surface area contributed by atoms with E-state index >= 15 is 0 Å². The first kappa shape index (κ1) is 12.0. The molecule has 1 aliphatic heterocycles. The highest BCUT2D eigenvalue weighted by atomic mass is 16.2. The first-order chi connectivity index (χ1) is 9.83. The van der Waals surface area contributed by atoms with Gasteiger partial charge in [0.1, 0.15) is 0 Å². The monoisotopic (exact) mass is 268 g/mol. The van der Waals surface area contributed by atoms with E-state index in [1.165, 1.54) is 12.8 Å². The van der Waals surface area contributed by atoms with Gasteiger partial charge >= 0.3 is 0 Å². The summed E-state index contributed by atoms with van der Waals surface area (Å²) in [6.45, 7) is 0.855. The maximum Gasteiger partial charge on any atom is 0.227 e. The van der Waals surface area contributed by atoms with Gasteiger partial charge in [-0.2, -0.15) is 0 Å². The number of allylic oxidation sites excluding steroid dienone is 1. The van der Waals surface area contributed by atoms with Crippen LogP contribution < -0.4 is 10.2 Å². The molecule has 1 aromatic carbocycles. The Kier molecular flexibility index (Phi) is 2.79. The number of hydrogen-bond acceptors (Lipinski definition) is 2. The minimum absolute atomic E-state index is 0.256. The standard InChI is InChI=1S/C17H20N2O/c20-17-9-4-10-19(17)16-8-2-1-7-14(16)18-15-11-12-5-3-6-13(12)15/h1-3,6-8,12-13,15,18H,4-5,9-11H2. The molecular weight excluding hydrogens is 248 g/mol. The summed E-state index contributed by atoms with van der Waals surface area (Å²) in [5, 5.41) is 3.67. The molecule has 104 valence electrons. The summed E-state index contributed by atoms with van der Waals surface area (Å²) in [5.74, 6) is 1.80. The molecule has 0 spiro atoms. The van der Waals surface area contributed by atoms with E-state index in [2.05, 4.69) is 29.6 Å². The average Bonchev–Trinajstić information content (AvgIpc) is 3.03. The van der Waals surface area contributed by atoms with Crippen molar-refractivity contribution < 1.29 is 4.79 Å². The fraction of sp³-hybridized carbons (Fsp3) is 0.471. The molecule has 4 rings (SSSR count). The van der Waals surface area contributed by atoms with Crippen LogP contribution >= 0.6 is 0 Å². The van der Waals surface area contributed by atoms with Crippen molar-refractivity contribution in [3.05, 3.63) is 36.4 Å². The van der Waals surface area contributed by atoms with Crippen LogP contribution in [0.15, 0.2) is 36.4 Å². The first-order valence-electron chi connectivity index (χ1n) is 7.65. The van der Waals surface area contributed by atoms with Crippen molar-refractivity contribution in [3.63, 3.8) is 0 Å². The summed E-state index contributed by atoms with van der Waals surface area (Å²) in [5.41, 5.74) is 2.17. The largest absolute Gasteiger partial charge is 0.380 e. The zero-order valence-electron chi connectivity index (χ0n) is 11.6. The number of hydrogen-bond donors (Lipinski definition) is 1. The van der Waals surface area contributed by atoms with Gasteiger partial charge in [0.2, 0.25) is 5.91 Å². The summed E-state index contributed by atoms with van der Waals surface area (Å²) in [4.78, 5) is 13.9. The molecule has 3 heteroatoms. The van der Waals surface area contributed by atoms with Crippen LogP contribution in [0, 0.1) is 11.8 Å². The van der Waals surface area contributed by atoms with Crippen LogP contribution in [0.25, 0.3) is 0 Å². The van der Waals surface area contributed by atoms with Crippen molar-refractivity contribution >= 4 is 17.3 Å². The molecule has 3 atom stereocenters. The number of fused-ring (bicyclic) bond motifs is 1. The predicted octanol–water partition coefficient (Wildman–Crippen LogP) is 3.19. The quantitative estimate of drug-likeness (QED) is 0.854. The Hall–Kier alpha value is -1.77. The number of carbonyl (C=O) groups is 1. The Morgan fingerprint density at radius 2 is 2.15 bits per heavy atom. The van der Waals surface area contributed by atoms with Gasteiger partial charge in [-0.15, -0.1) is 0 Å². The highest BCUT2D eigenvalue weighted by molar-refractivity contribution is 5.98. The molecule has 0 bridgehead atoms. The molecule has 2 aliphatic carbocycles. The average molecular weight is 268 g/mol. The lowest BCUT2D eigenvalue weighted by Gasteiger charge is -2.41. The Bertz CT molecular complexity index is 566. The van der Waals surface area contributed by atoms with Gasteiger partial charge in [0.15, 0.2) is 0 Å². The van der Waals surface area contributed by atoms with E-state index in [0.29, 0.717) is 18.4 Å². The summed E-state index contributed by atoms with van der Waals surface area (Å²) in [7, 11) is 0. The highest BCUT2D eigenvalue weighted by Gasteiger charge is 2.41. The number of para-hydroxylation sites is 2. The van der Waals surface area contributed by atoms with E-state index in [4.69, 9.17) is 0 Å². The molecule has 0 radical (unpaired) electrons. The van der Waals surface area contributed by atoms with Gasteiger partial charge in [0, 0.05) is 24.9 Å². The van der Waals surface area contributed by atoms with E-state index in [9.17, 15) is 4.79 Å². The van der Waals surface area contributed by atoms with Crippen LogP contribution in [-0.4, -0.2) is 18.5 Å². The van der Waals surface area contributed by atoms with Crippen LogP contribution in [0.1, 0.15) is 25.7 Å². The Balaban J connectivity index is 1.56. The van der Waals surface area contributed by atoms with Gasteiger partial charge in [-0.1, -0.05) is 24.3 Å². The zero-order valence-corrected chi connectivity index (χ0v) is 11.6. The van der Waals surface area contributed by atoms with E-state index in [1.54, 1.807) is 0 Å². The van der Waals surface area contributed by atoms with Crippen molar-refractivity contribution in [2.45, 2.75) is 31.7 Å². The van der Waals surface area contributed by atoms with Crippen LogP contribution in [0.5, 0.6) is 0 Å². The number of anilines is 2. The van der Waals surface area contributed by atoms with Crippen LogP contribution in [0.4, 0.5) is 11.4 Å². The van der Waals surface area contributed by atoms with Gasteiger partial charge in [-0.25, -0.2) is 0 Å². The first-order valence-corrected chi connectivity index (χ1v) is 7.65. The summed E-state index contributed by atoms with van der Waals surface area (Å²) in [6.07, 6.45) is 8.83. The second kappa shape index (κ2) is 4.65. The maximum absolute atomic E-state index is 12.0. The SMILES string of the molecule is O=C1CCCN1c1ccccc1NC1CC2CC=CC21. The van der Waals surface area contributed by atoms with Crippen LogP contribution in [0.2, 0.25) is 0 Å². The van der Waals surface area contributed by atoms with Crippen molar-refractivity contribution in [2.24, 2.45) is 11.8 Å². The molecular formula is C17H20N2O. The molecule has 0 aromatic heterocycles. The number of nitrogens with zero attached hydrogens (tertiary/aromatic N) is 1. The molecule has 1 amide bonds. The van der Waals surface area contributed by atoms with Crippen LogP contribution in [0.3, 0.4) is 0 Å². The topological polar surface area (TPSA) is 32.3 Å². The molecule has 1 saturated carbocycles. The van der Waals surface area contributed by atoms with Crippen LogP contribution in [-0.2, 0) is 4.79 Å². The highest BCUT2D eigenvalue weighted by Crippen LogP contribution is 2.45. The number of rotatable bonds is 3. The zero-order chi connectivity index (χ0) is 13.5. The van der Waals surface area contributed by atoms with Crippen molar-refractivity contribution in [1.29, 1.82) is 0 Å². The second-order valence-electron chi connectivity index (χ2n) is 6.15. The van der Waals surface area contributed by atoms with Gasteiger partial charge in [-0.05, 0) is 37.3 Å². The fourth-order valence-corrected chi connectivity index (χ4v) is 3.82. The minimum Gasteiger partial charge on any atom is -0.380 e. The molecule has 3 aliphatic rings. The number of carbonyl (C=O) groups excluding carboxylic acids is 1. The van der Waals surface area contributed by atoms with Gasteiger partial charge in [0.05, 0.1) is 11.4 Å². The summed E-state index contributed by atoms with van der Waals surface area (Å²) < 4.78 is 0. The Labute approximate surface area is 119 Å². The third-order valence-corrected chi connectivity index (χ3v) is 4.97. The smallest absolute Gasteiger partial charge is 0.227 e. The number of amides is 1. The summed E-state index contributed by atoms with van der Waals surface area (Å²) >= 11 is 0. The predicted molar refractivity (Wildman–Crippen MR) is 80.8 cm³/mol. The van der Waals surface area contributed by atoms with E-state index < -0.39 is 0 Å². The third kappa shape index (κ3) is 1.84. The Morgan fingerprint density at radius 1 is 1.25 bits per heavy atom. The lowest BCUT2D eigenvalue weighted by molar-refractivity contribution is -0.117. The normalized spacial score (nSPS) is 31.3. The molecule has 2 fully saturated rings. The van der Waals surface area contributed by atoms with Gasteiger partial charge in [0.25, 0.3) is 0 Å². The molecule has 1 heterocycles. The minimum atomic E-state index is 0.256. The molecule has 20 heavy (non-hydrogen) atoms. The second-order valence-corrected chi connectivity index (χ2v) is 6.15. The molecule has 1 N–H and O–H groups in total. The van der Waals surface area contributed by atoms with E-state index in [-0.39, 0.29) is 5.91 Å².